The topological polar surface area (TPSA) is 135 Å². The molecular weight excluding hydrogens is 364 g/mol. The van der Waals surface area contributed by atoms with Crippen LogP contribution in [0.25, 0.3) is 17.1 Å². The Bertz CT molecular complexity index is 989. The van der Waals surface area contributed by atoms with Crippen molar-refractivity contribution in [3.05, 3.63) is 47.8 Å². The van der Waals surface area contributed by atoms with Gasteiger partial charge in [-0.05, 0) is 24.3 Å². The van der Waals surface area contributed by atoms with Crippen molar-refractivity contribution >= 4 is 17.6 Å². The van der Waals surface area contributed by atoms with E-state index in [0.29, 0.717) is 11.3 Å². The average molecular weight is 382 g/mol. The van der Waals surface area contributed by atoms with Gasteiger partial charge >= 0.3 is 11.9 Å². The molecule has 0 unspecified atom stereocenters. The molecule has 3 aromatic rings. The van der Waals surface area contributed by atoms with Gasteiger partial charge in [-0.3, -0.25) is 0 Å². The minimum absolute atomic E-state index is 0.00419. The summed E-state index contributed by atoms with van der Waals surface area (Å²) in [5, 5.41) is 10.9. The zero-order chi connectivity index (χ0) is 20.1. The second-order valence-electron chi connectivity index (χ2n) is 5.51. The van der Waals surface area contributed by atoms with Crippen LogP contribution in [0.2, 0.25) is 0 Å². The fraction of sp³-hybridized carbons (Fsp3) is 0.222. The molecule has 3 rings (SSSR count). The zero-order valence-electron chi connectivity index (χ0n) is 15.3. The van der Waals surface area contributed by atoms with E-state index in [-0.39, 0.29) is 35.8 Å². The lowest BCUT2D eigenvalue weighted by molar-refractivity contribution is 0.0479. The third-order valence-corrected chi connectivity index (χ3v) is 3.79. The van der Waals surface area contributed by atoms with Crippen molar-refractivity contribution in [3.8, 4) is 17.1 Å². The van der Waals surface area contributed by atoms with E-state index in [9.17, 15) is 9.59 Å². The Morgan fingerprint density at radius 2 is 1.68 bits per heavy atom. The van der Waals surface area contributed by atoms with Crippen LogP contribution in [0.1, 0.15) is 34.6 Å². The quantitative estimate of drug-likeness (QED) is 0.631. The van der Waals surface area contributed by atoms with E-state index in [1.54, 1.807) is 38.1 Å². The van der Waals surface area contributed by atoms with Gasteiger partial charge < -0.3 is 15.2 Å². The lowest BCUT2D eigenvalue weighted by atomic mass is 10.0. The number of tetrazole rings is 1. The standard InChI is InChI=1S/C18H18N6O4/c1-3-27-17(25)12-13(18(26)28-4-2)16(24-10-20-22-23-24)21-15(14(12)19)11-8-6-5-7-9-11/h5-10H,3-4,19H2,1-2H3. The second kappa shape index (κ2) is 8.25. The van der Waals surface area contributed by atoms with Gasteiger partial charge in [-0.15, -0.1) is 5.10 Å². The molecule has 0 spiro atoms. The Kier molecular flexibility index (Phi) is 5.58. The predicted molar refractivity (Wildman–Crippen MR) is 98.7 cm³/mol. The van der Waals surface area contributed by atoms with Crippen LogP contribution in [0.4, 0.5) is 5.69 Å². The van der Waals surface area contributed by atoms with Crippen LogP contribution in [0.3, 0.4) is 0 Å². The molecule has 0 atom stereocenters. The third-order valence-electron chi connectivity index (χ3n) is 3.79. The van der Waals surface area contributed by atoms with Crippen molar-refractivity contribution in [2.75, 3.05) is 18.9 Å². The summed E-state index contributed by atoms with van der Waals surface area (Å²) >= 11 is 0. The van der Waals surface area contributed by atoms with Crippen LogP contribution < -0.4 is 5.73 Å². The first-order valence-electron chi connectivity index (χ1n) is 8.54. The van der Waals surface area contributed by atoms with Gasteiger partial charge in [0.25, 0.3) is 0 Å². The van der Waals surface area contributed by atoms with E-state index in [2.05, 4.69) is 20.5 Å². The number of carbonyl (C=O) groups excluding carboxylic acids is 2. The van der Waals surface area contributed by atoms with E-state index in [1.165, 1.54) is 11.0 Å². The summed E-state index contributed by atoms with van der Waals surface area (Å²) in [4.78, 5) is 29.9. The molecular formula is C18H18N6O4. The van der Waals surface area contributed by atoms with E-state index < -0.39 is 11.9 Å². The lowest BCUT2D eigenvalue weighted by Gasteiger charge is -2.17. The van der Waals surface area contributed by atoms with Gasteiger partial charge in [0.2, 0.25) is 0 Å². The number of benzene rings is 1. The highest BCUT2D eigenvalue weighted by Crippen LogP contribution is 2.33. The van der Waals surface area contributed by atoms with Gasteiger partial charge in [-0.1, -0.05) is 30.3 Å². The monoisotopic (exact) mass is 382 g/mol. The molecule has 28 heavy (non-hydrogen) atoms. The number of hydrogen-bond acceptors (Lipinski definition) is 9. The second-order valence-corrected chi connectivity index (χ2v) is 5.51. The minimum atomic E-state index is -0.783. The highest BCUT2D eigenvalue weighted by atomic mass is 16.5. The molecule has 0 radical (unpaired) electrons. The highest BCUT2D eigenvalue weighted by Gasteiger charge is 2.31. The van der Waals surface area contributed by atoms with Crippen molar-refractivity contribution in [2.45, 2.75) is 13.8 Å². The highest BCUT2D eigenvalue weighted by molar-refractivity contribution is 6.10. The molecule has 144 valence electrons. The number of pyridine rings is 1. The molecule has 0 aliphatic heterocycles. The zero-order valence-corrected chi connectivity index (χ0v) is 15.3. The van der Waals surface area contributed by atoms with Crippen LogP contribution in [0.5, 0.6) is 0 Å². The summed E-state index contributed by atoms with van der Waals surface area (Å²) in [6, 6.07) is 9.00. The molecule has 0 aliphatic carbocycles. The summed E-state index contributed by atoms with van der Waals surface area (Å²) in [6.45, 7) is 3.49. The predicted octanol–water partition coefficient (Wildman–Crippen LogP) is 1.66. The Morgan fingerprint density at radius 1 is 1.04 bits per heavy atom. The van der Waals surface area contributed by atoms with Crippen LogP contribution in [-0.2, 0) is 9.47 Å². The fourth-order valence-electron chi connectivity index (χ4n) is 2.64. The Labute approximate surface area is 160 Å². The summed E-state index contributed by atoms with van der Waals surface area (Å²) in [5.41, 5.74) is 6.92. The first-order valence-corrected chi connectivity index (χ1v) is 8.54. The lowest BCUT2D eigenvalue weighted by Crippen LogP contribution is -2.21. The molecule has 0 bridgehead atoms. The molecule has 10 nitrogen and oxygen atoms in total. The molecule has 0 amide bonds. The smallest absolute Gasteiger partial charge is 0.342 e. The van der Waals surface area contributed by atoms with Gasteiger partial charge in [-0.2, -0.15) is 4.68 Å². The summed E-state index contributed by atoms with van der Waals surface area (Å²) < 4.78 is 11.4. The molecule has 1 aromatic carbocycles. The van der Waals surface area contributed by atoms with Gasteiger partial charge in [0.15, 0.2) is 5.82 Å². The molecule has 0 fully saturated rings. The van der Waals surface area contributed by atoms with Crippen LogP contribution in [0.15, 0.2) is 36.7 Å². The van der Waals surface area contributed by atoms with Gasteiger partial charge in [-0.25, -0.2) is 14.6 Å². The maximum atomic E-state index is 12.7. The minimum Gasteiger partial charge on any atom is -0.462 e. The van der Waals surface area contributed by atoms with Gasteiger partial charge in [0.1, 0.15) is 17.5 Å². The molecule has 0 saturated carbocycles. The normalized spacial score (nSPS) is 10.5. The van der Waals surface area contributed by atoms with Crippen LogP contribution in [0, 0.1) is 0 Å². The first kappa shape index (κ1) is 19.0. The van der Waals surface area contributed by atoms with Crippen LogP contribution >= 0.6 is 0 Å². The Morgan fingerprint density at radius 3 is 2.25 bits per heavy atom. The van der Waals surface area contributed by atoms with E-state index in [4.69, 9.17) is 15.2 Å². The number of nitrogens with zero attached hydrogens (tertiary/aromatic N) is 5. The first-order chi connectivity index (χ1) is 13.6. The summed E-state index contributed by atoms with van der Waals surface area (Å²) in [5.74, 6) is -1.54. The molecule has 2 heterocycles. The number of ether oxygens (including phenoxy) is 2. The number of nitrogens with two attached hydrogens (primary N) is 1. The average Bonchev–Trinajstić information content (AvgIpc) is 3.23. The molecule has 2 aromatic heterocycles. The number of anilines is 1. The maximum Gasteiger partial charge on any atom is 0.342 e. The molecule has 0 aliphatic rings. The van der Waals surface area contributed by atoms with Crippen molar-refractivity contribution in [3.63, 3.8) is 0 Å². The number of nitrogen functional groups attached to an aromatic ring is 1. The fourth-order valence-corrected chi connectivity index (χ4v) is 2.64. The third kappa shape index (κ3) is 3.52. The number of hydrogen-bond donors (Lipinski definition) is 1. The van der Waals surface area contributed by atoms with Crippen molar-refractivity contribution < 1.29 is 19.1 Å². The van der Waals surface area contributed by atoms with E-state index >= 15 is 0 Å². The summed E-state index contributed by atoms with van der Waals surface area (Å²) in [7, 11) is 0. The SMILES string of the molecule is CCOC(=O)c1c(-n2cnnn2)nc(-c2ccccc2)c(N)c1C(=O)OCC. The number of esters is 2. The van der Waals surface area contributed by atoms with Crippen molar-refractivity contribution in [2.24, 2.45) is 0 Å². The van der Waals surface area contributed by atoms with E-state index in [0.717, 1.165) is 0 Å². The van der Waals surface area contributed by atoms with Gasteiger partial charge in [0.05, 0.1) is 24.6 Å². The van der Waals surface area contributed by atoms with E-state index in [1.807, 2.05) is 6.07 Å². The number of rotatable bonds is 6. The van der Waals surface area contributed by atoms with Crippen molar-refractivity contribution in [1.29, 1.82) is 0 Å². The molecule has 2 N–H and O–H groups in total. The number of carbonyl (C=O) groups is 2. The Balaban J connectivity index is 2.37. The summed E-state index contributed by atoms with van der Waals surface area (Å²) in [6.07, 6.45) is 1.25. The molecule has 0 saturated heterocycles. The van der Waals surface area contributed by atoms with Crippen molar-refractivity contribution in [1.82, 2.24) is 25.2 Å². The molecule has 10 heteroatoms. The van der Waals surface area contributed by atoms with Gasteiger partial charge in [0, 0.05) is 5.56 Å². The Hall–Kier alpha value is -3.82. The number of aromatic nitrogens is 5. The maximum absolute atomic E-state index is 12.7. The largest absolute Gasteiger partial charge is 0.462 e. The van der Waals surface area contributed by atoms with Crippen LogP contribution in [-0.4, -0.2) is 50.3 Å².